The summed E-state index contributed by atoms with van der Waals surface area (Å²) in [4.78, 5) is 33.7. The summed E-state index contributed by atoms with van der Waals surface area (Å²) >= 11 is 3.26. The van der Waals surface area contributed by atoms with E-state index in [-0.39, 0.29) is 0 Å². The van der Waals surface area contributed by atoms with Crippen LogP contribution >= 0.6 is 15.9 Å². The van der Waals surface area contributed by atoms with Crippen molar-refractivity contribution >= 4 is 44.8 Å². The summed E-state index contributed by atoms with van der Waals surface area (Å²) in [5, 5.41) is 15.6. The van der Waals surface area contributed by atoms with Crippen LogP contribution in [0.1, 0.15) is 10.4 Å². The Bertz CT molecular complexity index is 842. The molecular weight excluding hydrogens is 399 g/mol. The van der Waals surface area contributed by atoms with Crippen LogP contribution in [0, 0.1) is 15.9 Å². The van der Waals surface area contributed by atoms with Gasteiger partial charge in [-0.05, 0) is 30.3 Å². The molecule has 0 radical (unpaired) electrons. The smallest absolute Gasteiger partial charge is 0.295 e. The number of halogens is 2. The molecule has 2 aromatic rings. The summed E-state index contributed by atoms with van der Waals surface area (Å²) in [6, 6.07) is 8.13. The number of nitrogens with two attached hydrogens (primary N) is 1. The van der Waals surface area contributed by atoms with Gasteiger partial charge in [0.2, 0.25) is 5.91 Å². The summed E-state index contributed by atoms with van der Waals surface area (Å²) in [6.07, 6.45) is 0. The van der Waals surface area contributed by atoms with Gasteiger partial charge in [0.1, 0.15) is 11.5 Å². The van der Waals surface area contributed by atoms with E-state index in [4.69, 9.17) is 5.73 Å². The van der Waals surface area contributed by atoms with Gasteiger partial charge in [0.15, 0.2) is 0 Å². The largest absolute Gasteiger partial charge is 0.393 e. The first-order chi connectivity index (χ1) is 11.8. The van der Waals surface area contributed by atoms with Crippen LogP contribution in [0.2, 0.25) is 0 Å². The van der Waals surface area contributed by atoms with Gasteiger partial charge in [0, 0.05) is 10.2 Å². The lowest BCUT2D eigenvalue weighted by Gasteiger charge is -2.09. The highest BCUT2D eigenvalue weighted by Crippen LogP contribution is 2.26. The lowest BCUT2D eigenvalue weighted by Crippen LogP contribution is -2.33. The summed E-state index contributed by atoms with van der Waals surface area (Å²) in [7, 11) is 0. The van der Waals surface area contributed by atoms with Crippen LogP contribution in [-0.4, -0.2) is 23.3 Å². The number of rotatable bonds is 5. The van der Waals surface area contributed by atoms with E-state index in [0.29, 0.717) is 11.8 Å². The Hall–Kier alpha value is -3.01. The molecule has 0 saturated heterocycles. The molecule has 0 aromatic heterocycles. The average Bonchev–Trinajstić information content (AvgIpc) is 2.56. The molecular formula is C15H12BrFN4O4. The average molecular weight is 411 g/mol. The molecule has 0 heterocycles. The minimum atomic E-state index is -0.981. The summed E-state index contributed by atoms with van der Waals surface area (Å²) in [5.74, 6) is -2.41. The van der Waals surface area contributed by atoms with E-state index >= 15 is 0 Å². The maximum Gasteiger partial charge on any atom is 0.295 e. The number of nitro benzene ring substituents is 1. The maximum absolute atomic E-state index is 13.4. The van der Waals surface area contributed by atoms with E-state index in [1.165, 1.54) is 0 Å². The zero-order valence-electron chi connectivity index (χ0n) is 12.6. The molecule has 2 rings (SSSR count). The van der Waals surface area contributed by atoms with Crippen molar-refractivity contribution in [3.05, 3.63) is 62.4 Å². The van der Waals surface area contributed by atoms with Gasteiger partial charge in [-0.3, -0.25) is 19.7 Å². The van der Waals surface area contributed by atoms with E-state index in [2.05, 4.69) is 26.6 Å². The third-order valence-electron chi connectivity index (χ3n) is 3.10. The SMILES string of the molecule is Nc1c(C(=O)NCC(=O)Nc2ccc(Br)cc2)cc(F)cc1[N+](=O)[O-]. The first kappa shape index (κ1) is 18.3. The van der Waals surface area contributed by atoms with Crippen molar-refractivity contribution in [1.82, 2.24) is 5.32 Å². The molecule has 130 valence electrons. The highest BCUT2D eigenvalue weighted by molar-refractivity contribution is 9.10. The Morgan fingerprint density at radius 2 is 1.88 bits per heavy atom. The van der Waals surface area contributed by atoms with Crippen LogP contribution < -0.4 is 16.4 Å². The normalized spacial score (nSPS) is 10.2. The number of amides is 2. The highest BCUT2D eigenvalue weighted by atomic mass is 79.9. The predicted molar refractivity (Wildman–Crippen MR) is 92.6 cm³/mol. The number of nitrogen functional groups attached to an aromatic ring is 1. The lowest BCUT2D eigenvalue weighted by atomic mass is 10.1. The molecule has 0 fully saturated rings. The van der Waals surface area contributed by atoms with Gasteiger partial charge in [0.25, 0.3) is 11.6 Å². The van der Waals surface area contributed by atoms with Gasteiger partial charge < -0.3 is 16.4 Å². The Kier molecular flexibility index (Phi) is 5.65. The second kappa shape index (κ2) is 7.71. The number of nitro groups is 1. The van der Waals surface area contributed by atoms with Crippen molar-refractivity contribution in [3.8, 4) is 0 Å². The first-order valence-electron chi connectivity index (χ1n) is 6.85. The molecule has 0 spiro atoms. The van der Waals surface area contributed by atoms with Crippen molar-refractivity contribution < 1.29 is 18.9 Å². The van der Waals surface area contributed by atoms with E-state index in [1.54, 1.807) is 24.3 Å². The van der Waals surface area contributed by atoms with Crippen LogP contribution in [0.5, 0.6) is 0 Å². The van der Waals surface area contributed by atoms with Gasteiger partial charge >= 0.3 is 0 Å². The molecule has 8 nitrogen and oxygen atoms in total. The molecule has 2 amide bonds. The molecule has 0 atom stereocenters. The van der Waals surface area contributed by atoms with Crippen LogP contribution in [0.25, 0.3) is 0 Å². The molecule has 0 saturated carbocycles. The molecule has 0 aliphatic rings. The molecule has 4 N–H and O–H groups in total. The van der Waals surface area contributed by atoms with Gasteiger partial charge in [0.05, 0.1) is 23.1 Å². The Balaban J connectivity index is 2.04. The zero-order chi connectivity index (χ0) is 18.6. The maximum atomic E-state index is 13.4. The number of carbonyl (C=O) groups is 2. The molecule has 2 aromatic carbocycles. The summed E-state index contributed by atoms with van der Waals surface area (Å²) < 4.78 is 14.3. The highest BCUT2D eigenvalue weighted by Gasteiger charge is 2.22. The Morgan fingerprint density at radius 1 is 1.24 bits per heavy atom. The number of carbonyl (C=O) groups excluding carboxylic acids is 2. The fourth-order valence-electron chi connectivity index (χ4n) is 1.94. The number of nitrogens with zero attached hydrogens (tertiary/aromatic N) is 1. The van der Waals surface area contributed by atoms with Gasteiger partial charge in [-0.15, -0.1) is 0 Å². The molecule has 0 bridgehead atoms. The second-order valence-corrected chi connectivity index (χ2v) is 5.80. The number of hydrogen-bond acceptors (Lipinski definition) is 5. The standard InChI is InChI=1S/C15H12BrFN4O4/c16-8-1-3-10(4-2-8)20-13(22)7-19-15(23)11-5-9(17)6-12(14(11)18)21(24)25/h1-6H,7,18H2,(H,19,23)(H,20,22). The van der Waals surface area contributed by atoms with E-state index in [1.807, 2.05) is 0 Å². The minimum Gasteiger partial charge on any atom is -0.393 e. The van der Waals surface area contributed by atoms with Crippen molar-refractivity contribution in [1.29, 1.82) is 0 Å². The number of hydrogen-bond donors (Lipinski definition) is 3. The predicted octanol–water partition coefficient (Wildman–Crippen LogP) is 2.45. The van der Waals surface area contributed by atoms with Crippen molar-refractivity contribution in [2.45, 2.75) is 0 Å². The third-order valence-corrected chi connectivity index (χ3v) is 3.63. The number of nitrogens with one attached hydrogen (secondary N) is 2. The zero-order valence-corrected chi connectivity index (χ0v) is 14.2. The molecule has 0 aliphatic heterocycles. The van der Waals surface area contributed by atoms with Crippen LogP contribution in [0.3, 0.4) is 0 Å². The van der Waals surface area contributed by atoms with Crippen molar-refractivity contribution in [3.63, 3.8) is 0 Å². The second-order valence-electron chi connectivity index (χ2n) is 4.88. The van der Waals surface area contributed by atoms with E-state index in [0.717, 1.165) is 10.5 Å². The Labute approximate surface area is 149 Å². The summed E-state index contributed by atoms with van der Waals surface area (Å²) in [5.41, 5.74) is 4.43. The van der Waals surface area contributed by atoms with Crippen molar-refractivity contribution in [2.75, 3.05) is 17.6 Å². The van der Waals surface area contributed by atoms with Crippen LogP contribution in [0.15, 0.2) is 40.9 Å². The first-order valence-corrected chi connectivity index (χ1v) is 7.64. The van der Waals surface area contributed by atoms with Crippen LogP contribution in [-0.2, 0) is 4.79 Å². The fourth-order valence-corrected chi connectivity index (χ4v) is 2.20. The monoisotopic (exact) mass is 410 g/mol. The number of anilines is 2. The molecule has 25 heavy (non-hydrogen) atoms. The van der Waals surface area contributed by atoms with E-state index in [9.17, 15) is 24.1 Å². The fraction of sp³-hybridized carbons (Fsp3) is 0.0667. The van der Waals surface area contributed by atoms with Gasteiger partial charge in [-0.2, -0.15) is 0 Å². The minimum absolute atomic E-state index is 0.414. The van der Waals surface area contributed by atoms with Crippen molar-refractivity contribution in [2.24, 2.45) is 0 Å². The van der Waals surface area contributed by atoms with E-state index < -0.39 is 46.0 Å². The number of benzene rings is 2. The quantitative estimate of drug-likeness (QED) is 0.396. The third kappa shape index (κ3) is 4.73. The van der Waals surface area contributed by atoms with Gasteiger partial charge in [-0.25, -0.2) is 4.39 Å². The van der Waals surface area contributed by atoms with Crippen LogP contribution in [0.4, 0.5) is 21.5 Å². The molecule has 0 unspecified atom stereocenters. The lowest BCUT2D eigenvalue weighted by molar-refractivity contribution is -0.384. The van der Waals surface area contributed by atoms with Gasteiger partial charge in [-0.1, -0.05) is 15.9 Å². The summed E-state index contributed by atoms with van der Waals surface area (Å²) in [6.45, 7) is -0.418. The topological polar surface area (TPSA) is 127 Å². The molecule has 0 aliphatic carbocycles. The Morgan fingerprint density at radius 3 is 2.48 bits per heavy atom. The molecule has 10 heteroatoms.